The van der Waals surface area contributed by atoms with E-state index in [9.17, 15) is 0 Å². The number of rotatable bonds is 4. The van der Waals surface area contributed by atoms with Crippen molar-refractivity contribution < 1.29 is 0 Å². The number of hydrogen-bond acceptors (Lipinski definition) is 2. The standard InChI is InChI=1S/C13H20N2/c1-4-6-10-14-13(5-2)15-12-9-7-8-11(12)3/h4-6,10,12,15H,3,7-9H2,1-2H3/b6-4-,13-5?,14-10?. The normalized spacial score (nSPS) is 23.2. The number of aliphatic imine (C=N–C) groups is 1. The summed E-state index contributed by atoms with van der Waals surface area (Å²) < 4.78 is 0. The van der Waals surface area contributed by atoms with Crippen molar-refractivity contribution in [2.24, 2.45) is 4.99 Å². The third-order valence-corrected chi connectivity index (χ3v) is 2.57. The van der Waals surface area contributed by atoms with Gasteiger partial charge in [0.1, 0.15) is 5.82 Å². The molecule has 0 aromatic rings. The molecule has 1 unspecified atom stereocenters. The summed E-state index contributed by atoms with van der Waals surface area (Å²) in [6.07, 6.45) is 11.3. The van der Waals surface area contributed by atoms with E-state index in [1.54, 1.807) is 6.21 Å². The molecule has 82 valence electrons. The molecule has 0 bridgehead atoms. The van der Waals surface area contributed by atoms with Crippen LogP contribution in [0.3, 0.4) is 0 Å². The van der Waals surface area contributed by atoms with E-state index in [0.29, 0.717) is 6.04 Å². The quantitative estimate of drug-likeness (QED) is 0.552. The second-order valence-corrected chi connectivity index (χ2v) is 3.73. The minimum absolute atomic E-state index is 0.416. The van der Waals surface area contributed by atoms with Gasteiger partial charge in [-0.05, 0) is 45.3 Å². The molecule has 0 aromatic carbocycles. The Morgan fingerprint density at radius 3 is 2.87 bits per heavy atom. The average molecular weight is 204 g/mol. The molecule has 0 heterocycles. The van der Waals surface area contributed by atoms with Gasteiger partial charge in [-0.15, -0.1) is 0 Å². The Morgan fingerprint density at radius 1 is 1.53 bits per heavy atom. The van der Waals surface area contributed by atoms with Crippen LogP contribution in [0.25, 0.3) is 0 Å². The third-order valence-electron chi connectivity index (χ3n) is 2.57. The smallest absolute Gasteiger partial charge is 0.122 e. The van der Waals surface area contributed by atoms with Gasteiger partial charge in [0.25, 0.3) is 0 Å². The SMILES string of the molecule is C=C1CCCC1NC(=CC)N=C/C=C\C. The van der Waals surface area contributed by atoms with Gasteiger partial charge in [-0.3, -0.25) is 0 Å². The molecular weight excluding hydrogens is 184 g/mol. The number of hydrogen-bond donors (Lipinski definition) is 1. The molecule has 0 aromatic heterocycles. The van der Waals surface area contributed by atoms with Gasteiger partial charge in [0, 0.05) is 12.3 Å². The molecular formula is C13H20N2. The molecule has 0 spiro atoms. The maximum absolute atomic E-state index is 4.33. The van der Waals surface area contributed by atoms with Crippen LogP contribution in [0.5, 0.6) is 0 Å². The average Bonchev–Trinajstić information content (AvgIpc) is 2.63. The van der Waals surface area contributed by atoms with E-state index in [4.69, 9.17) is 0 Å². The van der Waals surface area contributed by atoms with E-state index in [1.807, 2.05) is 32.1 Å². The summed E-state index contributed by atoms with van der Waals surface area (Å²) >= 11 is 0. The van der Waals surface area contributed by atoms with E-state index in [1.165, 1.54) is 18.4 Å². The Balaban J connectivity index is 2.50. The molecule has 2 heteroatoms. The summed E-state index contributed by atoms with van der Waals surface area (Å²) in [6, 6.07) is 0.416. The first-order chi connectivity index (χ1) is 7.27. The van der Waals surface area contributed by atoms with Gasteiger partial charge in [0.05, 0.1) is 0 Å². The largest absolute Gasteiger partial charge is 0.364 e. The van der Waals surface area contributed by atoms with Crippen LogP contribution in [0.15, 0.2) is 41.2 Å². The van der Waals surface area contributed by atoms with Crippen LogP contribution in [-0.4, -0.2) is 12.3 Å². The van der Waals surface area contributed by atoms with Crippen molar-refractivity contribution in [2.75, 3.05) is 0 Å². The van der Waals surface area contributed by atoms with Gasteiger partial charge >= 0.3 is 0 Å². The highest BCUT2D eigenvalue weighted by Crippen LogP contribution is 2.23. The first kappa shape index (κ1) is 11.8. The topological polar surface area (TPSA) is 24.4 Å². The van der Waals surface area contributed by atoms with Gasteiger partial charge in [-0.25, -0.2) is 4.99 Å². The monoisotopic (exact) mass is 204 g/mol. The van der Waals surface area contributed by atoms with Crippen LogP contribution in [0.4, 0.5) is 0 Å². The van der Waals surface area contributed by atoms with E-state index in [-0.39, 0.29) is 0 Å². The Hall–Kier alpha value is -1.31. The van der Waals surface area contributed by atoms with Crippen molar-refractivity contribution in [3.05, 3.63) is 36.2 Å². The van der Waals surface area contributed by atoms with Crippen molar-refractivity contribution in [1.29, 1.82) is 0 Å². The van der Waals surface area contributed by atoms with E-state index in [2.05, 4.69) is 16.9 Å². The highest BCUT2D eigenvalue weighted by molar-refractivity contribution is 5.71. The van der Waals surface area contributed by atoms with E-state index < -0.39 is 0 Å². The summed E-state index contributed by atoms with van der Waals surface area (Å²) in [5, 5.41) is 3.40. The molecule has 1 aliphatic rings. The highest BCUT2D eigenvalue weighted by Gasteiger charge is 2.18. The molecule has 0 amide bonds. The molecule has 1 rings (SSSR count). The van der Waals surface area contributed by atoms with Crippen LogP contribution in [0, 0.1) is 0 Å². The van der Waals surface area contributed by atoms with Gasteiger partial charge < -0.3 is 5.32 Å². The van der Waals surface area contributed by atoms with Crippen molar-refractivity contribution in [2.45, 2.75) is 39.2 Å². The second-order valence-electron chi connectivity index (χ2n) is 3.73. The minimum atomic E-state index is 0.416. The van der Waals surface area contributed by atoms with E-state index in [0.717, 1.165) is 12.2 Å². The number of allylic oxidation sites excluding steroid dienone is 3. The lowest BCUT2D eigenvalue weighted by Crippen LogP contribution is -2.25. The number of nitrogens with zero attached hydrogens (tertiary/aromatic N) is 1. The van der Waals surface area contributed by atoms with Crippen LogP contribution >= 0.6 is 0 Å². The first-order valence-electron chi connectivity index (χ1n) is 5.53. The summed E-state index contributed by atoms with van der Waals surface area (Å²) in [6.45, 7) is 8.04. The molecule has 1 saturated carbocycles. The zero-order valence-corrected chi connectivity index (χ0v) is 9.66. The van der Waals surface area contributed by atoms with Crippen LogP contribution < -0.4 is 5.32 Å². The zero-order chi connectivity index (χ0) is 11.1. The van der Waals surface area contributed by atoms with Crippen molar-refractivity contribution >= 4 is 6.21 Å². The van der Waals surface area contributed by atoms with Crippen LogP contribution in [-0.2, 0) is 0 Å². The van der Waals surface area contributed by atoms with E-state index >= 15 is 0 Å². The third kappa shape index (κ3) is 3.74. The molecule has 1 aliphatic carbocycles. The predicted molar refractivity (Wildman–Crippen MR) is 67.0 cm³/mol. The Bertz CT molecular complexity index is 298. The minimum Gasteiger partial charge on any atom is -0.364 e. The lowest BCUT2D eigenvalue weighted by Gasteiger charge is -2.14. The molecule has 1 N–H and O–H groups in total. The Kier molecular flexibility index (Phi) is 4.88. The summed E-state index contributed by atoms with van der Waals surface area (Å²) in [4.78, 5) is 4.33. The van der Waals surface area contributed by atoms with Crippen molar-refractivity contribution in [1.82, 2.24) is 5.32 Å². The van der Waals surface area contributed by atoms with Gasteiger partial charge in [0.15, 0.2) is 0 Å². The molecule has 2 nitrogen and oxygen atoms in total. The van der Waals surface area contributed by atoms with Crippen molar-refractivity contribution in [3.8, 4) is 0 Å². The molecule has 0 aliphatic heterocycles. The summed E-state index contributed by atoms with van der Waals surface area (Å²) in [7, 11) is 0. The van der Waals surface area contributed by atoms with Crippen molar-refractivity contribution in [3.63, 3.8) is 0 Å². The van der Waals surface area contributed by atoms with Crippen LogP contribution in [0.2, 0.25) is 0 Å². The maximum Gasteiger partial charge on any atom is 0.122 e. The fourth-order valence-corrected chi connectivity index (χ4v) is 1.67. The Labute approximate surface area is 92.5 Å². The lowest BCUT2D eigenvalue weighted by atomic mass is 10.2. The lowest BCUT2D eigenvalue weighted by molar-refractivity contribution is 0.644. The summed E-state index contributed by atoms with van der Waals surface area (Å²) in [5.74, 6) is 0.932. The predicted octanol–water partition coefficient (Wildman–Crippen LogP) is 3.19. The number of nitrogens with one attached hydrogen (secondary N) is 1. The summed E-state index contributed by atoms with van der Waals surface area (Å²) in [5.41, 5.74) is 1.30. The van der Waals surface area contributed by atoms with Gasteiger partial charge in [0.2, 0.25) is 0 Å². The first-order valence-corrected chi connectivity index (χ1v) is 5.53. The maximum atomic E-state index is 4.33. The fraction of sp³-hybridized carbons (Fsp3) is 0.462. The zero-order valence-electron chi connectivity index (χ0n) is 9.66. The molecule has 1 fully saturated rings. The highest BCUT2D eigenvalue weighted by atomic mass is 15.1. The Morgan fingerprint density at radius 2 is 2.33 bits per heavy atom. The molecule has 15 heavy (non-hydrogen) atoms. The molecule has 0 radical (unpaired) electrons. The second kappa shape index (κ2) is 6.23. The fourth-order valence-electron chi connectivity index (χ4n) is 1.67. The molecule has 1 atom stereocenters. The van der Waals surface area contributed by atoms with Crippen LogP contribution in [0.1, 0.15) is 33.1 Å². The van der Waals surface area contributed by atoms with Gasteiger partial charge in [-0.2, -0.15) is 0 Å². The molecule has 0 saturated heterocycles. The van der Waals surface area contributed by atoms with Gasteiger partial charge in [-0.1, -0.05) is 18.2 Å².